The molecule has 1 aliphatic carbocycles. The predicted molar refractivity (Wildman–Crippen MR) is 145 cm³/mol. The van der Waals surface area contributed by atoms with E-state index in [9.17, 15) is 14.4 Å². The molecule has 0 aromatic heterocycles. The number of nitrogens with one attached hydrogen (secondary N) is 1. The van der Waals surface area contributed by atoms with Crippen LogP contribution in [0.1, 0.15) is 48.8 Å². The third-order valence-electron chi connectivity index (χ3n) is 7.17. The Morgan fingerprint density at radius 3 is 2.21 bits per heavy atom. The zero-order chi connectivity index (χ0) is 27.2. The highest BCUT2D eigenvalue weighted by Gasteiger charge is 2.33. The highest BCUT2D eigenvalue weighted by atomic mass is 16.6. The topological polar surface area (TPSA) is 94.2 Å². The molecule has 1 aliphatic heterocycles. The summed E-state index contributed by atoms with van der Waals surface area (Å²) in [5.41, 5.74) is 5.36. The Hall–Kier alpha value is -4.33. The summed E-state index contributed by atoms with van der Waals surface area (Å²) < 4.78 is 16.6. The van der Waals surface area contributed by atoms with Crippen molar-refractivity contribution in [3.63, 3.8) is 0 Å². The Bertz CT molecular complexity index is 1280. The van der Waals surface area contributed by atoms with Crippen LogP contribution < -0.4 is 5.32 Å². The molecule has 1 heterocycles. The van der Waals surface area contributed by atoms with Crippen molar-refractivity contribution in [2.24, 2.45) is 0 Å². The van der Waals surface area contributed by atoms with Crippen LogP contribution in [0.5, 0.6) is 0 Å². The van der Waals surface area contributed by atoms with Crippen LogP contribution in [-0.4, -0.2) is 48.5 Å². The number of carbonyl (C=O) groups excluding carboxylic acids is 3. The molecule has 1 N–H and O–H groups in total. The molecule has 0 saturated carbocycles. The van der Waals surface area contributed by atoms with Crippen LogP contribution in [0.2, 0.25) is 0 Å². The highest BCUT2D eigenvalue weighted by molar-refractivity contribution is 5.82. The van der Waals surface area contributed by atoms with E-state index in [-0.39, 0.29) is 19.1 Å². The van der Waals surface area contributed by atoms with Crippen molar-refractivity contribution in [1.82, 2.24) is 10.2 Å². The van der Waals surface area contributed by atoms with Gasteiger partial charge < -0.3 is 19.5 Å². The molecule has 1 fully saturated rings. The number of hydrogen-bond donors (Lipinski definition) is 1. The minimum Gasteiger partial charge on any atom is -0.449 e. The molecule has 0 spiro atoms. The zero-order valence-electron chi connectivity index (χ0n) is 21.9. The predicted octanol–water partition coefficient (Wildman–Crippen LogP) is 5.61. The second-order valence-electron chi connectivity index (χ2n) is 9.81. The number of alkyl carbamates (subject to hydrolysis) is 1. The third kappa shape index (κ3) is 6.06. The third-order valence-corrected chi connectivity index (χ3v) is 7.17. The van der Waals surface area contributed by atoms with Crippen molar-refractivity contribution in [2.75, 3.05) is 13.2 Å². The number of amides is 2. The fourth-order valence-electron chi connectivity index (χ4n) is 5.15. The number of likely N-dealkylation sites (tertiary alicyclic amines) is 1. The van der Waals surface area contributed by atoms with Gasteiger partial charge in [0, 0.05) is 18.9 Å². The van der Waals surface area contributed by atoms with Crippen LogP contribution in [0.3, 0.4) is 0 Å². The fraction of sp³-hybridized carbons (Fsp3) is 0.323. The van der Waals surface area contributed by atoms with Crippen LogP contribution in [0.15, 0.2) is 78.9 Å². The Kier molecular flexibility index (Phi) is 8.10. The second-order valence-corrected chi connectivity index (χ2v) is 9.81. The number of esters is 1. The van der Waals surface area contributed by atoms with E-state index in [1.165, 1.54) is 11.8 Å². The zero-order valence-corrected chi connectivity index (χ0v) is 21.9. The molecule has 3 aromatic rings. The number of carbonyl (C=O) groups is 3. The average molecular weight is 529 g/mol. The van der Waals surface area contributed by atoms with E-state index in [4.69, 9.17) is 14.2 Å². The van der Waals surface area contributed by atoms with Crippen LogP contribution in [0.4, 0.5) is 9.59 Å². The number of rotatable bonds is 7. The Morgan fingerprint density at radius 1 is 0.872 bits per heavy atom. The van der Waals surface area contributed by atoms with Crippen molar-refractivity contribution in [3.8, 4) is 11.1 Å². The summed E-state index contributed by atoms with van der Waals surface area (Å²) in [5, 5.41) is 2.56. The number of fused-ring (bicyclic) bond motifs is 3. The first-order chi connectivity index (χ1) is 19.0. The molecule has 2 unspecified atom stereocenters. The van der Waals surface area contributed by atoms with E-state index in [2.05, 4.69) is 17.4 Å². The highest BCUT2D eigenvalue weighted by Crippen LogP contribution is 2.44. The van der Waals surface area contributed by atoms with Crippen molar-refractivity contribution in [3.05, 3.63) is 95.6 Å². The minimum atomic E-state index is -0.954. The van der Waals surface area contributed by atoms with Gasteiger partial charge in [-0.25, -0.2) is 14.4 Å². The summed E-state index contributed by atoms with van der Waals surface area (Å²) in [5.74, 6) is -0.723. The summed E-state index contributed by atoms with van der Waals surface area (Å²) in [4.78, 5) is 39.6. The van der Waals surface area contributed by atoms with E-state index < -0.39 is 30.4 Å². The molecule has 202 valence electrons. The van der Waals surface area contributed by atoms with Crippen LogP contribution in [-0.2, 0) is 25.6 Å². The molecule has 2 aliphatic rings. The summed E-state index contributed by atoms with van der Waals surface area (Å²) in [6.45, 7) is 2.24. The summed E-state index contributed by atoms with van der Waals surface area (Å²) in [6.07, 6.45) is 0.124. The van der Waals surface area contributed by atoms with Gasteiger partial charge >= 0.3 is 18.2 Å². The molecular formula is C31H32N2O6. The smallest absolute Gasteiger partial charge is 0.413 e. The second kappa shape index (κ2) is 12.0. The van der Waals surface area contributed by atoms with Gasteiger partial charge in [0.05, 0.1) is 0 Å². The molecule has 2 atom stereocenters. The molecule has 39 heavy (non-hydrogen) atoms. The molecule has 3 aromatic carbocycles. The van der Waals surface area contributed by atoms with Crippen molar-refractivity contribution >= 4 is 18.2 Å². The first-order valence-corrected chi connectivity index (χ1v) is 13.3. The molecule has 1 saturated heterocycles. The number of hydrogen-bond acceptors (Lipinski definition) is 6. The number of nitrogens with zero attached hydrogens (tertiary/aromatic N) is 1. The molecule has 8 heteroatoms. The van der Waals surface area contributed by atoms with Crippen molar-refractivity contribution in [1.29, 1.82) is 0 Å². The van der Waals surface area contributed by atoms with Gasteiger partial charge in [0.2, 0.25) is 0 Å². The molecule has 8 nitrogen and oxygen atoms in total. The van der Waals surface area contributed by atoms with Crippen LogP contribution in [0.25, 0.3) is 11.1 Å². The molecule has 0 bridgehead atoms. The number of benzene rings is 3. The lowest BCUT2D eigenvalue weighted by Gasteiger charge is -2.34. The van der Waals surface area contributed by atoms with E-state index in [1.807, 2.05) is 66.7 Å². The van der Waals surface area contributed by atoms with E-state index in [0.29, 0.717) is 13.0 Å². The molecule has 5 rings (SSSR count). The monoisotopic (exact) mass is 528 g/mol. The lowest BCUT2D eigenvalue weighted by atomic mass is 9.98. The van der Waals surface area contributed by atoms with Gasteiger partial charge in [0.1, 0.15) is 19.3 Å². The van der Waals surface area contributed by atoms with E-state index >= 15 is 0 Å². The average Bonchev–Trinajstić information content (AvgIpc) is 3.29. The van der Waals surface area contributed by atoms with Crippen molar-refractivity contribution < 1.29 is 28.6 Å². The summed E-state index contributed by atoms with van der Waals surface area (Å²) in [7, 11) is 0. The Labute approximate surface area is 227 Å². The maximum Gasteiger partial charge on any atom is 0.413 e. The largest absolute Gasteiger partial charge is 0.449 e. The maximum atomic E-state index is 12.8. The van der Waals surface area contributed by atoms with Crippen LogP contribution in [0, 0.1) is 0 Å². The Balaban J connectivity index is 1.13. The molecule has 0 radical (unpaired) electrons. The fourth-order valence-corrected chi connectivity index (χ4v) is 5.15. The van der Waals surface area contributed by atoms with Gasteiger partial charge in [0.25, 0.3) is 0 Å². The van der Waals surface area contributed by atoms with Gasteiger partial charge in [-0.05, 0) is 47.6 Å². The van der Waals surface area contributed by atoms with Gasteiger partial charge in [-0.2, -0.15) is 0 Å². The summed E-state index contributed by atoms with van der Waals surface area (Å²) in [6, 6.07) is 24.6. The molecule has 2 amide bonds. The number of ether oxygens (including phenoxy) is 3. The summed E-state index contributed by atoms with van der Waals surface area (Å²) >= 11 is 0. The standard InChI is InChI=1S/C31H32N2O6/c1-21(29(34)39-28-17-9-10-18-33(28)31(36)38-19-22-11-3-2-4-12-22)32-30(35)37-20-27-25-15-7-5-13-23(25)24-14-6-8-16-26(24)27/h2-8,11-16,21,27-28H,9-10,17-20H2,1H3,(H,32,35). The van der Waals surface area contributed by atoms with Gasteiger partial charge in [-0.3, -0.25) is 4.90 Å². The molecular weight excluding hydrogens is 496 g/mol. The van der Waals surface area contributed by atoms with Gasteiger partial charge in [-0.1, -0.05) is 78.9 Å². The Morgan fingerprint density at radius 2 is 1.51 bits per heavy atom. The SMILES string of the molecule is CC(NC(=O)OCC1c2ccccc2-c2ccccc21)C(=O)OC1CCCCN1C(=O)OCc1ccccc1. The lowest BCUT2D eigenvalue weighted by Crippen LogP contribution is -2.49. The quantitative estimate of drug-likeness (QED) is 0.317. The number of piperidine rings is 1. The lowest BCUT2D eigenvalue weighted by molar-refractivity contribution is -0.162. The maximum absolute atomic E-state index is 12.8. The first-order valence-electron chi connectivity index (χ1n) is 13.3. The van der Waals surface area contributed by atoms with Gasteiger partial charge in [-0.15, -0.1) is 0 Å². The van der Waals surface area contributed by atoms with Gasteiger partial charge in [0.15, 0.2) is 6.23 Å². The van der Waals surface area contributed by atoms with Crippen LogP contribution >= 0.6 is 0 Å². The normalized spacial score (nSPS) is 16.9. The van der Waals surface area contributed by atoms with Crippen molar-refractivity contribution in [2.45, 2.75) is 51.0 Å². The first kappa shape index (κ1) is 26.3. The van der Waals surface area contributed by atoms with E-state index in [0.717, 1.165) is 40.7 Å². The van der Waals surface area contributed by atoms with E-state index in [1.54, 1.807) is 0 Å². The minimum absolute atomic E-state index is 0.0805.